The van der Waals surface area contributed by atoms with Crippen LogP contribution in [0, 0.1) is 0 Å². The number of unbranched alkanes of at least 4 members (excludes halogenated alkanes) is 7. The highest BCUT2D eigenvalue weighted by Gasteiger charge is 2.05. The largest absolute Gasteiger partial charge is 0.352 e. The fraction of sp³-hybridized carbons (Fsp3) is 0.367. The number of nitrogens with one attached hydrogen (secondary N) is 2. The molecule has 0 aliphatic rings. The molecule has 186 valence electrons. The van der Waals surface area contributed by atoms with E-state index >= 15 is 0 Å². The van der Waals surface area contributed by atoms with E-state index in [2.05, 4.69) is 17.2 Å². The van der Waals surface area contributed by atoms with E-state index in [-0.39, 0.29) is 17.6 Å². The van der Waals surface area contributed by atoms with E-state index < -0.39 is 0 Å². The van der Waals surface area contributed by atoms with Crippen molar-refractivity contribution in [2.75, 3.05) is 11.9 Å². The molecule has 0 atom stereocenters. The van der Waals surface area contributed by atoms with Gasteiger partial charge in [-0.1, -0.05) is 81.5 Å². The second-order valence-corrected chi connectivity index (χ2v) is 8.85. The summed E-state index contributed by atoms with van der Waals surface area (Å²) in [6, 6.07) is 16.7. The molecule has 2 aromatic rings. The standard InChI is InChI=1S/C30H38N2O3/c1-24(2)30(35)31-23-13-8-6-4-3-5-7-12-16-29(34)32-27-20-18-26(19-21-27)28(33)22-17-25-14-10-9-11-15-25/h9-11,14-15,17-22H,1,3-8,12-13,16,23H2,2H3,(H,31,35)(H,32,34)/b22-17+. The summed E-state index contributed by atoms with van der Waals surface area (Å²) in [4.78, 5) is 35.9. The molecule has 2 aromatic carbocycles. The van der Waals surface area contributed by atoms with E-state index in [0.29, 0.717) is 29.8 Å². The third-order valence-electron chi connectivity index (χ3n) is 5.68. The minimum absolute atomic E-state index is 0.00450. The van der Waals surface area contributed by atoms with Crippen LogP contribution in [0.4, 0.5) is 5.69 Å². The summed E-state index contributed by atoms with van der Waals surface area (Å²) >= 11 is 0. The molecule has 0 fully saturated rings. The number of amides is 2. The Balaban J connectivity index is 1.52. The average molecular weight is 475 g/mol. The number of benzene rings is 2. The van der Waals surface area contributed by atoms with Crippen LogP contribution in [0.2, 0.25) is 0 Å². The second kappa shape index (κ2) is 16.2. The minimum Gasteiger partial charge on any atom is -0.352 e. The van der Waals surface area contributed by atoms with Crippen molar-refractivity contribution in [3.8, 4) is 0 Å². The Kier molecular flexibility index (Phi) is 12.9. The van der Waals surface area contributed by atoms with Gasteiger partial charge in [0, 0.05) is 29.8 Å². The number of carbonyl (C=O) groups excluding carboxylic acids is 3. The van der Waals surface area contributed by atoms with E-state index in [1.165, 1.54) is 19.3 Å². The fourth-order valence-electron chi connectivity index (χ4n) is 3.60. The lowest BCUT2D eigenvalue weighted by atomic mass is 10.1. The zero-order valence-corrected chi connectivity index (χ0v) is 20.9. The Morgan fingerprint density at radius 3 is 2.03 bits per heavy atom. The summed E-state index contributed by atoms with van der Waals surface area (Å²) in [6.07, 6.45) is 12.6. The number of allylic oxidation sites excluding steroid dienone is 1. The maximum absolute atomic E-state index is 12.3. The van der Waals surface area contributed by atoms with Crippen LogP contribution in [-0.4, -0.2) is 24.1 Å². The molecule has 5 heteroatoms. The van der Waals surface area contributed by atoms with Gasteiger partial charge in [-0.25, -0.2) is 0 Å². The summed E-state index contributed by atoms with van der Waals surface area (Å²) < 4.78 is 0. The quantitative estimate of drug-likeness (QED) is 0.161. The second-order valence-electron chi connectivity index (χ2n) is 8.85. The highest BCUT2D eigenvalue weighted by atomic mass is 16.2. The molecule has 5 nitrogen and oxygen atoms in total. The van der Waals surface area contributed by atoms with Gasteiger partial charge in [-0.2, -0.15) is 0 Å². The number of hydrogen-bond donors (Lipinski definition) is 2. The van der Waals surface area contributed by atoms with Crippen LogP contribution >= 0.6 is 0 Å². The molecule has 2 amide bonds. The highest BCUT2D eigenvalue weighted by Crippen LogP contribution is 2.14. The molecular weight excluding hydrogens is 436 g/mol. The van der Waals surface area contributed by atoms with Gasteiger partial charge in [0.15, 0.2) is 5.78 Å². The molecule has 35 heavy (non-hydrogen) atoms. The van der Waals surface area contributed by atoms with Crippen LogP contribution in [0.15, 0.2) is 72.8 Å². The molecule has 0 unspecified atom stereocenters. The summed E-state index contributed by atoms with van der Waals surface area (Å²) in [5.41, 5.74) is 2.83. The number of anilines is 1. The Morgan fingerprint density at radius 2 is 1.40 bits per heavy atom. The highest BCUT2D eigenvalue weighted by molar-refractivity contribution is 6.07. The predicted molar refractivity (Wildman–Crippen MR) is 144 cm³/mol. The van der Waals surface area contributed by atoms with Gasteiger partial charge >= 0.3 is 0 Å². The van der Waals surface area contributed by atoms with E-state index in [9.17, 15) is 14.4 Å². The normalized spacial score (nSPS) is 10.8. The monoisotopic (exact) mass is 474 g/mol. The molecule has 2 rings (SSSR count). The number of rotatable bonds is 16. The molecular formula is C30H38N2O3. The molecule has 0 aromatic heterocycles. The topological polar surface area (TPSA) is 75.3 Å². The Hall–Kier alpha value is -3.47. The van der Waals surface area contributed by atoms with Gasteiger partial charge in [0.05, 0.1) is 0 Å². The summed E-state index contributed by atoms with van der Waals surface area (Å²) in [7, 11) is 0. The third-order valence-corrected chi connectivity index (χ3v) is 5.68. The van der Waals surface area contributed by atoms with Crippen molar-refractivity contribution in [2.24, 2.45) is 0 Å². The van der Waals surface area contributed by atoms with Gasteiger partial charge in [-0.05, 0) is 55.7 Å². The third kappa shape index (κ3) is 12.0. The molecule has 0 saturated heterocycles. The van der Waals surface area contributed by atoms with E-state index in [0.717, 1.165) is 37.7 Å². The first-order chi connectivity index (χ1) is 17.0. The van der Waals surface area contributed by atoms with Crippen LogP contribution in [0.1, 0.15) is 80.6 Å². The van der Waals surface area contributed by atoms with Gasteiger partial charge in [0.1, 0.15) is 0 Å². The van der Waals surface area contributed by atoms with E-state index in [4.69, 9.17) is 0 Å². The Labute approximate surface area is 209 Å². The van der Waals surface area contributed by atoms with Crippen molar-refractivity contribution in [1.82, 2.24) is 5.32 Å². The molecule has 0 aliphatic carbocycles. The molecule has 0 bridgehead atoms. The predicted octanol–water partition coefficient (Wildman–Crippen LogP) is 6.72. The van der Waals surface area contributed by atoms with Crippen molar-refractivity contribution < 1.29 is 14.4 Å². The minimum atomic E-state index is -0.0683. The number of carbonyl (C=O) groups is 3. The van der Waals surface area contributed by atoms with Crippen molar-refractivity contribution in [3.05, 3.63) is 84.0 Å². The molecule has 0 heterocycles. The maximum atomic E-state index is 12.3. The molecule has 2 N–H and O–H groups in total. The van der Waals surface area contributed by atoms with Gasteiger partial charge < -0.3 is 10.6 Å². The van der Waals surface area contributed by atoms with E-state index in [1.807, 2.05) is 30.3 Å². The first-order valence-electron chi connectivity index (χ1n) is 12.6. The van der Waals surface area contributed by atoms with Crippen LogP contribution < -0.4 is 10.6 Å². The number of ketones is 1. The van der Waals surface area contributed by atoms with E-state index in [1.54, 1.807) is 43.3 Å². The van der Waals surface area contributed by atoms with Crippen molar-refractivity contribution in [2.45, 2.75) is 64.7 Å². The lowest BCUT2D eigenvalue weighted by molar-refractivity contribution is -0.117. The average Bonchev–Trinajstić information content (AvgIpc) is 2.86. The molecule has 0 aliphatic heterocycles. The maximum Gasteiger partial charge on any atom is 0.246 e. The zero-order chi connectivity index (χ0) is 25.3. The Morgan fingerprint density at radius 1 is 0.800 bits per heavy atom. The van der Waals surface area contributed by atoms with Crippen LogP contribution in [0.3, 0.4) is 0 Å². The molecule has 0 saturated carbocycles. The van der Waals surface area contributed by atoms with Gasteiger partial charge in [0.2, 0.25) is 11.8 Å². The molecule has 0 radical (unpaired) electrons. The summed E-state index contributed by atoms with van der Waals surface area (Å²) in [6.45, 7) is 6.05. The summed E-state index contributed by atoms with van der Waals surface area (Å²) in [5, 5.41) is 5.76. The first-order valence-corrected chi connectivity index (χ1v) is 12.6. The number of hydrogen-bond acceptors (Lipinski definition) is 3. The van der Waals surface area contributed by atoms with Crippen LogP contribution in [0.5, 0.6) is 0 Å². The van der Waals surface area contributed by atoms with Crippen molar-refractivity contribution in [3.63, 3.8) is 0 Å². The lowest BCUT2D eigenvalue weighted by Crippen LogP contribution is -2.24. The fourth-order valence-corrected chi connectivity index (χ4v) is 3.60. The van der Waals surface area contributed by atoms with Gasteiger partial charge in [0.25, 0.3) is 0 Å². The smallest absolute Gasteiger partial charge is 0.246 e. The zero-order valence-electron chi connectivity index (χ0n) is 20.9. The summed E-state index contributed by atoms with van der Waals surface area (Å²) in [5.74, 6) is -0.126. The SMILES string of the molecule is C=C(C)C(=O)NCCCCCCCCCCC(=O)Nc1ccc(C(=O)/C=C/c2ccccc2)cc1. The van der Waals surface area contributed by atoms with Crippen molar-refractivity contribution >= 4 is 29.4 Å². The Bertz CT molecular complexity index is 978. The van der Waals surface area contributed by atoms with Crippen molar-refractivity contribution in [1.29, 1.82) is 0 Å². The lowest BCUT2D eigenvalue weighted by Gasteiger charge is -2.06. The van der Waals surface area contributed by atoms with Gasteiger partial charge in [-0.15, -0.1) is 0 Å². The molecule has 0 spiro atoms. The van der Waals surface area contributed by atoms with Crippen LogP contribution in [-0.2, 0) is 9.59 Å². The first kappa shape index (κ1) is 27.8. The van der Waals surface area contributed by atoms with Crippen LogP contribution in [0.25, 0.3) is 6.08 Å². The van der Waals surface area contributed by atoms with Gasteiger partial charge in [-0.3, -0.25) is 14.4 Å².